The quantitative estimate of drug-likeness (QED) is 0.869. The molecule has 0 fully saturated rings. The third-order valence-corrected chi connectivity index (χ3v) is 4.06. The molecule has 1 N–H and O–H groups in total. The highest BCUT2D eigenvalue weighted by atomic mass is 35.5. The fourth-order valence-corrected chi connectivity index (χ4v) is 2.58. The molecule has 2 amide bonds. The van der Waals surface area contributed by atoms with E-state index in [1.807, 2.05) is 31.3 Å². The second kappa shape index (κ2) is 8.15. The highest BCUT2D eigenvalue weighted by molar-refractivity contribution is 6.30. The number of nitrogens with zero attached hydrogens (tertiary/aromatic N) is 4. The van der Waals surface area contributed by atoms with Crippen molar-refractivity contribution in [3.05, 3.63) is 47.0 Å². The Morgan fingerprint density at radius 3 is 2.54 bits per heavy atom. The molecule has 0 aliphatic rings. The van der Waals surface area contributed by atoms with Crippen molar-refractivity contribution >= 4 is 17.6 Å². The highest BCUT2D eigenvalue weighted by Gasteiger charge is 2.19. The van der Waals surface area contributed by atoms with Gasteiger partial charge in [-0.2, -0.15) is 5.10 Å². The number of rotatable bonds is 6. The van der Waals surface area contributed by atoms with Crippen LogP contribution in [0.25, 0.3) is 0 Å². The Hall–Kier alpha value is -2.08. The van der Waals surface area contributed by atoms with E-state index in [0.29, 0.717) is 17.5 Å². The van der Waals surface area contributed by atoms with Gasteiger partial charge in [-0.1, -0.05) is 37.6 Å². The molecule has 6 nitrogen and oxygen atoms in total. The van der Waals surface area contributed by atoms with Gasteiger partial charge in [-0.05, 0) is 30.0 Å². The van der Waals surface area contributed by atoms with Gasteiger partial charge >= 0.3 is 6.03 Å². The Morgan fingerprint density at radius 2 is 2.00 bits per heavy atom. The minimum atomic E-state index is -0.140. The summed E-state index contributed by atoms with van der Waals surface area (Å²) in [7, 11) is 3.56. The molecule has 130 valence electrons. The number of urea groups is 1. The Balaban J connectivity index is 2.06. The maximum Gasteiger partial charge on any atom is 0.318 e. The van der Waals surface area contributed by atoms with Gasteiger partial charge in [0, 0.05) is 19.1 Å². The molecule has 0 bridgehead atoms. The van der Waals surface area contributed by atoms with E-state index in [4.69, 9.17) is 11.6 Å². The van der Waals surface area contributed by atoms with Crippen molar-refractivity contribution in [3.63, 3.8) is 0 Å². The topological polar surface area (TPSA) is 63.1 Å². The van der Waals surface area contributed by atoms with Gasteiger partial charge in [0.15, 0.2) is 0 Å². The number of nitrogens with one attached hydrogen (secondary N) is 1. The predicted octanol–water partition coefficient (Wildman–Crippen LogP) is 3.40. The zero-order valence-electron chi connectivity index (χ0n) is 14.5. The molecule has 1 aromatic heterocycles. The highest BCUT2D eigenvalue weighted by Crippen LogP contribution is 2.23. The molecule has 1 aromatic carbocycles. The van der Waals surface area contributed by atoms with Crippen LogP contribution in [-0.4, -0.2) is 32.7 Å². The second-order valence-corrected chi connectivity index (χ2v) is 6.78. The van der Waals surface area contributed by atoms with Crippen LogP contribution >= 0.6 is 11.6 Å². The number of carbonyl (C=O) groups excluding carboxylic acids is 1. The third-order valence-electron chi connectivity index (χ3n) is 3.81. The molecule has 0 saturated heterocycles. The lowest BCUT2D eigenvalue weighted by Gasteiger charge is -2.25. The maximum absolute atomic E-state index is 12.5. The number of halogens is 1. The van der Waals surface area contributed by atoms with Crippen LogP contribution in [0.4, 0.5) is 4.79 Å². The van der Waals surface area contributed by atoms with E-state index >= 15 is 0 Å². The minimum Gasteiger partial charge on any atom is -0.331 e. The molecule has 0 saturated carbocycles. The molecule has 0 unspecified atom stereocenters. The SMILES string of the molecule is CC(C)C[C@@H](NC(=O)N(C)Cc1ncnn1C)c1ccc(Cl)cc1. The molecule has 24 heavy (non-hydrogen) atoms. The molecule has 7 heteroatoms. The van der Waals surface area contributed by atoms with Gasteiger partial charge in [-0.15, -0.1) is 0 Å². The van der Waals surface area contributed by atoms with Gasteiger partial charge in [0.2, 0.25) is 0 Å². The lowest BCUT2D eigenvalue weighted by atomic mass is 9.97. The van der Waals surface area contributed by atoms with Gasteiger partial charge in [-0.25, -0.2) is 9.78 Å². The Bertz CT molecular complexity index is 668. The number of carbonyl (C=O) groups is 1. The van der Waals surface area contributed by atoms with Crippen LogP contribution < -0.4 is 5.32 Å². The van der Waals surface area contributed by atoms with E-state index in [2.05, 4.69) is 29.2 Å². The van der Waals surface area contributed by atoms with E-state index in [-0.39, 0.29) is 12.1 Å². The van der Waals surface area contributed by atoms with Crippen LogP contribution in [-0.2, 0) is 13.6 Å². The van der Waals surface area contributed by atoms with Crippen molar-refractivity contribution in [2.24, 2.45) is 13.0 Å². The average molecular weight is 350 g/mol. The van der Waals surface area contributed by atoms with Crippen molar-refractivity contribution < 1.29 is 4.79 Å². The van der Waals surface area contributed by atoms with Crippen molar-refractivity contribution in [3.8, 4) is 0 Å². The summed E-state index contributed by atoms with van der Waals surface area (Å²) in [5.41, 5.74) is 1.05. The zero-order chi connectivity index (χ0) is 17.7. The normalized spacial score (nSPS) is 12.2. The molecule has 1 atom stereocenters. The fourth-order valence-electron chi connectivity index (χ4n) is 2.45. The van der Waals surface area contributed by atoms with E-state index in [1.165, 1.54) is 6.33 Å². The summed E-state index contributed by atoms with van der Waals surface area (Å²) in [6, 6.07) is 7.41. The van der Waals surface area contributed by atoms with Crippen LogP contribution in [0.5, 0.6) is 0 Å². The van der Waals surface area contributed by atoms with E-state index in [1.54, 1.807) is 16.6 Å². The van der Waals surface area contributed by atoms with E-state index < -0.39 is 0 Å². The van der Waals surface area contributed by atoms with Gasteiger partial charge in [-0.3, -0.25) is 4.68 Å². The summed E-state index contributed by atoms with van der Waals surface area (Å²) >= 11 is 5.96. The van der Waals surface area contributed by atoms with Crippen molar-refractivity contribution in [2.45, 2.75) is 32.9 Å². The molecular weight excluding hydrogens is 326 g/mol. The average Bonchev–Trinajstić information content (AvgIpc) is 2.92. The molecular formula is C17H24ClN5O. The summed E-state index contributed by atoms with van der Waals surface area (Å²) < 4.78 is 1.66. The third kappa shape index (κ3) is 4.96. The first-order valence-electron chi connectivity index (χ1n) is 7.96. The molecule has 2 rings (SSSR count). The number of aromatic nitrogens is 3. The predicted molar refractivity (Wildman–Crippen MR) is 94.6 cm³/mol. The summed E-state index contributed by atoms with van der Waals surface area (Å²) in [5.74, 6) is 1.19. The van der Waals surface area contributed by atoms with Gasteiger partial charge in [0.1, 0.15) is 12.2 Å². The number of amides is 2. The molecule has 2 aromatic rings. The fraction of sp³-hybridized carbons (Fsp3) is 0.471. The zero-order valence-corrected chi connectivity index (χ0v) is 15.3. The first-order valence-corrected chi connectivity index (χ1v) is 8.34. The summed E-state index contributed by atoms with van der Waals surface area (Å²) in [6.07, 6.45) is 2.33. The van der Waals surface area contributed by atoms with Gasteiger partial charge < -0.3 is 10.2 Å². The van der Waals surface area contributed by atoms with Crippen molar-refractivity contribution in [2.75, 3.05) is 7.05 Å². The van der Waals surface area contributed by atoms with Crippen LogP contribution in [0, 0.1) is 5.92 Å². The standard InChI is InChI=1S/C17H24ClN5O/c1-12(2)9-15(13-5-7-14(18)8-6-13)21-17(24)22(3)10-16-19-11-20-23(16)4/h5-8,11-12,15H,9-10H2,1-4H3,(H,21,24)/t15-/m1/s1. The van der Waals surface area contributed by atoms with Crippen LogP contribution in [0.3, 0.4) is 0 Å². The van der Waals surface area contributed by atoms with Crippen LogP contribution in [0.2, 0.25) is 5.02 Å². The number of hydrogen-bond donors (Lipinski definition) is 1. The maximum atomic E-state index is 12.5. The number of aryl methyl sites for hydroxylation is 1. The van der Waals surface area contributed by atoms with Crippen molar-refractivity contribution in [1.29, 1.82) is 0 Å². The Morgan fingerprint density at radius 1 is 1.33 bits per heavy atom. The van der Waals surface area contributed by atoms with Gasteiger partial charge in [0.25, 0.3) is 0 Å². The van der Waals surface area contributed by atoms with E-state index in [0.717, 1.165) is 17.8 Å². The Labute approximate surface area is 147 Å². The lowest BCUT2D eigenvalue weighted by Crippen LogP contribution is -2.39. The second-order valence-electron chi connectivity index (χ2n) is 6.34. The largest absolute Gasteiger partial charge is 0.331 e. The summed E-state index contributed by atoms with van der Waals surface area (Å²) in [4.78, 5) is 18.3. The van der Waals surface area contributed by atoms with Crippen molar-refractivity contribution in [1.82, 2.24) is 25.0 Å². The lowest BCUT2D eigenvalue weighted by molar-refractivity contribution is 0.199. The molecule has 0 spiro atoms. The first-order chi connectivity index (χ1) is 11.4. The summed E-state index contributed by atoms with van der Waals surface area (Å²) in [5, 5.41) is 7.81. The van der Waals surface area contributed by atoms with E-state index in [9.17, 15) is 4.79 Å². The molecule has 0 aliphatic carbocycles. The number of hydrogen-bond acceptors (Lipinski definition) is 3. The summed E-state index contributed by atoms with van der Waals surface area (Å²) in [6.45, 7) is 4.67. The Kier molecular flexibility index (Phi) is 6.20. The van der Waals surface area contributed by atoms with Gasteiger partial charge in [0.05, 0.1) is 12.6 Å². The van der Waals surface area contributed by atoms with Crippen LogP contribution in [0.15, 0.2) is 30.6 Å². The first kappa shape index (κ1) is 18.3. The molecule has 0 aliphatic heterocycles. The smallest absolute Gasteiger partial charge is 0.318 e. The van der Waals surface area contributed by atoms with Crippen LogP contribution in [0.1, 0.15) is 37.7 Å². The minimum absolute atomic E-state index is 0.0586. The number of benzene rings is 1. The molecule has 0 radical (unpaired) electrons. The monoisotopic (exact) mass is 349 g/mol. The molecule has 1 heterocycles.